The van der Waals surface area contributed by atoms with Crippen molar-refractivity contribution in [3.8, 4) is 0 Å². The highest BCUT2D eigenvalue weighted by Crippen LogP contribution is 1.94. The predicted molar refractivity (Wildman–Crippen MR) is 29.0 cm³/mol. The molecule has 0 atom stereocenters. The summed E-state index contributed by atoms with van der Waals surface area (Å²) in [5.74, 6) is 0.197. The van der Waals surface area contributed by atoms with Crippen LogP contribution in [0.5, 0.6) is 0 Å². The molecule has 0 N–H and O–H groups in total. The Morgan fingerprint density at radius 3 is 2.43 bits per heavy atom. The van der Waals surface area contributed by atoms with E-state index in [0.717, 1.165) is 0 Å². The molecule has 0 unspecified atom stereocenters. The van der Waals surface area contributed by atoms with Crippen LogP contribution in [0.25, 0.3) is 0 Å². The second-order valence-corrected chi connectivity index (χ2v) is 1.32. The van der Waals surface area contributed by atoms with Crippen LogP contribution in [0.2, 0.25) is 0 Å². The largest absolute Gasteiger partial charge is 0.295 e. The van der Waals surface area contributed by atoms with Crippen molar-refractivity contribution in [2.75, 3.05) is 0 Å². The Morgan fingerprint density at radius 2 is 2.29 bits per heavy atom. The molecule has 0 saturated carbocycles. The SMILES string of the molecule is C[CH]/C=C(/[O])CC. The van der Waals surface area contributed by atoms with Crippen LogP contribution in [0.3, 0.4) is 0 Å². The number of rotatable bonds is 2. The molecule has 40 valence electrons. The summed E-state index contributed by atoms with van der Waals surface area (Å²) in [5, 5.41) is 10.3. The Morgan fingerprint density at radius 1 is 1.71 bits per heavy atom. The third-order valence-corrected chi connectivity index (χ3v) is 0.701. The summed E-state index contributed by atoms with van der Waals surface area (Å²) in [5.41, 5.74) is 0. The second kappa shape index (κ2) is 3.72. The smallest absolute Gasteiger partial charge is 0.151 e. The van der Waals surface area contributed by atoms with Crippen molar-refractivity contribution < 1.29 is 5.11 Å². The number of allylic oxidation sites excluding steroid dienone is 2. The van der Waals surface area contributed by atoms with Crippen molar-refractivity contribution in [1.82, 2.24) is 0 Å². The first-order chi connectivity index (χ1) is 3.31. The molecule has 0 aromatic carbocycles. The Balaban J connectivity index is 3.29. The number of hydrogen-bond donors (Lipinski definition) is 0. The summed E-state index contributed by atoms with van der Waals surface area (Å²) in [6, 6.07) is 0. The quantitative estimate of drug-likeness (QED) is 0.470. The third-order valence-electron chi connectivity index (χ3n) is 0.701. The standard InChI is InChI=1S/C6H10O/c1-3-5-6(7)4-2/h3,5H,4H2,1-2H3/b6-5+. The molecule has 0 bridgehead atoms. The fraction of sp³-hybridized carbons (Fsp3) is 0.500. The molecule has 0 aromatic rings. The maximum Gasteiger partial charge on any atom is 0.151 e. The molecule has 2 radical (unpaired) electrons. The first-order valence-corrected chi connectivity index (χ1v) is 2.46. The van der Waals surface area contributed by atoms with Crippen LogP contribution in [0.15, 0.2) is 11.8 Å². The normalized spacial score (nSPS) is 12.0. The summed E-state index contributed by atoms with van der Waals surface area (Å²) >= 11 is 0. The van der Waals surface area contributed by atoms with Crippen LogP contribution in [0, 0.1) is 6.42 Å². The molecule has 0 heterocycles. The van der Waals surface area contributed by atoms with Crippen molar-refractivity contribution in [1.29, 1.82) is 0 Å². The highest BCUT2D eigenvalue weighted by atomic mass is 16.3. The predicted octanol–water partition coefficient (Wildman–Crippen LogP) is 1.93. The summed E-state index contributed by atoms with van der Waals surface area (Å²) in [4.78, 5) is 0. The molecule has 1 heteroatoms. The molecule has 7 heavy (non-hydrogen) atoms. The second-order valence-electron chi connectivity index (χ2n) is 1.32. The van der Waals surface area contributed by atoms with Crippen molar-refractivity contribution >= 4 is 0 Å². The highest BCUT2D eigenvalue weighted by Gasteiger charge is 1.84. The Kier molecular flexibility index (Phi) is 3.48. The maximum atomic E-state index is 10.3. The molecule has 0 aromatic heterocycles. The molecule has 0 aliphatic rings. The van der Waals surface area contributed by atoms with Gasteiger partial charge in [-0.15, -0.1) is 0 Å². The van der Waals surface area contributed by atoms with E-state index in [-0.39, 0.29) is 5.76 Å². The van der Waals surface area contributed by atoms with Gasteiger partial charge in [0.2, 0.25) is 0 Å². The van der Waals surface area contributed by atoms with E-state index in [1.807, 2.05) is 13.8 Å². The molecule has 0 aliphatic heterocycles. The molecular weight excluding hydrogens is 88.1 g/mol. The van der Waals surface area contributed by atoms with E-state index in [1.165, 1.54) is 0 Å². The lowest BCUT2D eigenvalue weighted by atomic mass is 10.3. The summed E-state index contributed by atoms with van der Waals surface area (Å²) in [7, 11) is 0. The van der Waals surface area contributed by atoms with E-state index in [4.69, 9.17) is 0 Å². The van der Waals surface area contributed by atoms with E-state index in [0.29, 0.717) is 6.42 Å². The maximum absolute atomic E-state index is 10.3. The Hall–Kier alpha value is -0.460. The lowest BCUT2D eigenvalue weighted by Crippen LogP contribution is -1.71. The monoisotopic (exact) mass is 98.1 g/mol. The van der Waals surface area contributed by atoms with E-state index in [9.17, 15) is 5.11 Å². The zero-order valence-electron chi connectivity index (χ0n) is 4.77. The number of hydrogen-bond acceptors (Lipinski definition) is 0. The average Bonchev–Trinajstić information content (AvgIpc) is 1.68. The lowest BCUT2D eigenvalue weighted by Gasteiger charge is -1.82. The molecule has 0 rings (SSSR count). The van der Waals surface area contributed by atoms with E-state index >= 15 is 0 Å². The molecule has 0 amide bonds. The average molecular weight is 98.1 g/mol. The van der Waals surface area contributed by atoms with Gasteiger partial charge in [-0.1, -0.05) is 13.8 Å². The Bertz CT molecular complexity index is 64.6. The summed E-state index contributed by atoms with van der Waals surface area (Å²) in [6.45, 7) is 3.69. The van der Waals surface area contributed by atoms with Gasteiger partial charge in [0.1, 0.15) is 0 Å². The minimum atomic E-state index is 0.197. The van der Waals surface area contributed by atoms with Gasteiger partial charge in [0.15, 0.2) is 5.76 Å². The lowest BCUT2D eigenvalue weighted by molar-refractivity contribution is 0.285. The summed E-state index contributed by atoms with van der Waals surface area (Å²) in [6.07, 6.45) is 3.95. The van der Waals surface area contributed by atoms with Crippen LogP contribution in [-0.2, 0) is 5.11 Å². The zero-order chi connectivity index (χ0) is 5.70. The van der Waals surface area contributed by atoms with Crippen molar-refractivity contribution in [3.05, 3.63) is 18.3 Å². The minimum absolute atomic E-state index is 0.197. The first kappa shape index (κ1) is 6.54. The van der Waals surface area contributed by atoms with E-state index in [1.54, 1.807) is 12.5 Å². The topological polar surface area (TPSA) is 19.9 Å². The van der Waals surface area contributed by atoms with Gasteiger partial charge in [-0.25, -0.2) is 0 Å². The molecular formula is C6H10O. The van der Waals surface area contributed by atoms with Gasteiger partial charge in [0.05, 0.1) is 0 Å². The van der Waals surface area contributed by atoms with Gasteiger partial charge in [0, 0.05) is 6.42 Å². The molecule has 0 saturated heterocycles. The Labute approximate surface area is 44.7 Å². The van der Waals surface area contributed by atoms with Crippen LogP contribution in [0.4, 0.5) is 0 Å². The van der Waals surface area contributed by atoms with E-state index < -0.39 is 0 Å². The van der Waals surface area contributed by atoms with Crippen molar-refractivity contribution in [3.63, 3.8) is 0 Å². The van der Waals surface area contributed by atoms with Gasteiger partial charge in [-0.3, -0.25) is 5.11 Å². The molecule has 0 aliphatic carbocycles. The van der Waals surface area contributed by atoms with Crippen LogP contribution >= 0.6 is 0 Å². The van der Waals surface area contributed by atoms with Gasteiger partial charge < -0.3 is 0 Å². The third kappa shape index (κ3) is 3.37. The minimum Gasteiger partial charge on any atom is -0.295 e. The fourth-order valence-electron chi connectivity index (χ4n) is 0.304. The zero-order valence-corrected chi connectivity index (χ0v) is 4.77. The van der Waals surface area contributed by atoms with Crippen LogP contribution in [-0.4, -0.2) is 0 Å². The van der Waals surface area contributed by atoms with Gasteiger partial charge in [-0.05, 0) is 12.5 Å². The van der Waals surface area contributed by atoms with Crippen molar-refractivity contribution in [2.45, 2.75) is 20.3 Å². The van der Waals surface area contributed by atoms with Crippen LogP contribution < -0.4 is 0 Å². The van der Waals surface area contributed by atoms with E-state index in [2.05, 4.69) is 0 Å². The molecule has 1 nitrogen and oxygen atoms in total. The highest BCUT2D eigenvalue weighted by molar-refractivity contribution is 4.96. The van der Waals surface area contributed by atoms with Gasteiger partial charge in [0.25, 0.3) is 0 Å². The van der Waals surface area contributed by atoms with Gasteiger partial charge >= 0.3 is 0 Å². The molecule has 0 fully saturated rings. The summed E-state index contributed by atoms with van der Waals surface area (Å²) < 4.78 is 0. The van der Waals surface area contributed by atoms with Gasteiger partial charge in [-0.2, -0.15) is 0 Å². The van der Waals surface area contributed by atoms with Crippen LogP contribution in [0.1, 0.15) is 20.3 Å². The van der Waals surface area contributed by atoms with Crippen molar-refractivity contribution in [2.24, 2.45) is 0 Å². The first-order valence-electron chi connectivity index (χ1n) is 2.46. The molecule has 0 spiro atoms. The fourth-order valence-corrected chi connectivity index (χ4v) is 0.304.